The first-order valence-corrected chi connectivity index (χ1v) is 6.54. The maximum atomic E-state index is 13.9. The Kier molecular flexibility index (Phi) is 4.68. The van der Waals surface area contributed by atoms with Gasteiger partial charge in [-0.3, -0.25) is 0 Å². The molecule has 2 rings (SSSR count). The predicted octanol–water partition coefficient (Wildman–Crippen LogP) is 2.03. The van der Waals surface area contributed by atoms with Gasteiger partial charge in [0.2, 0.25) is 0 Å². The Labute approximate surface area is 117 Å². The van der Waals surface area contributed by atoms with Gasteiger partial charge < -0.3 is 14.6 Å². The molecule has 0 saturated carbocycles. The van der Waals surface area contributed by atoms with Crippen molar-refractivity contribution in [1.29, 1.82) is 0 Å². The summed E-state index contributed by atoms with van der Waals surface area (Å²) in [5.41, 5.74) is 0.792. The van der Waals surface area contributed by atoms with Crippen LogP contribution in [0.5, 0.6) is 5.75 Å². The number of para-hydroxylation sites is 1. The average molecular weight is 278 g/mol. The number of hydrogen-bond donors (Lipinski definition) is 1. The van der Waals surface area contributed by atoms with Gasteiger partial charge in [-0.1, -0.05) is 26.0 Å². The van der Waals surface area contributed by atoms with Gasteiger partial charge in [-0.15, -0.1) is 10.2 Å². The first-order valence-electron chi connectivity index (χ1n) is 6.54. The van der Waals surface area contributed by atoms with E-state index in [1.165, 1.54) is 6.07 Å². The van der Waals surface area contributed by atoms with Gasteiger partial charge in [0, 0.05) is 25.2 Å². The summed E-state index contributed by atoms with van der Waals surface area (Å²) in [6, 6.07) is 5.25. The number of rotatable bonds is 6. The molecule has 5 nitrogen and oxygen atoms in total. The Balaban J connectivity index is 2.11. The molecule has 1 aromatic carbocycles. The Morgan fingerprint density at radius 3 is 2.85 bits per heavy atom. The summed E-state index contributed by atoms with van der Waals surface area (Å²) in [5.74, 6) is 0.551. The van der Waals surface area contributed by atoms with Crippen molar-refractivity contribution in [2.45, 2.75) is 33.0 Å². The van der Waals surface area contributed by atoms with Crippen molar-refractivity contribution < 1.29 is 9.13 Å². The number of halogens is 1. The lowest BCUT2D eigenvalue weighted by Crippen LogP contribution is -2.22. The van der Waals surface area contributed by atoms with Crippen molar-refractivity contribution in [3.63, 3.8) is 0 Å². The Morgan fingerprint density at radius 2 is 2.20 bits per heavy atom. The van der Waals surface area contributed by atoms with Crippen molar-refractivity contribution in [1.82, 2.24) is 20.1 Å². The van der Waals surface area contributed by atoms with E-state index >= 15 is 0 Å². The van der Waals surface area contributed by atoms with E-state index in [2.05, 4.69) is 15.5 Å². The van der Waals surface area contributed by atoms with E-state index in [0.29, 0.717) is 18.4 Å². The van der Waals surface area contributed by atoms with Crippen LogP contribution >= 0.6 is 0 Å². The van der Waals surface area contributed by atoms with Gasteiger partial charge in [0.15, 0.2) is 17.4 Å². The number of ether oxygens (including phenoxy) is 1. The number of aromatic nitrogens is 3. The molecule has 0 spiro atoms. The molecule has 0 saturated heterocycles. The van der Waals surface area contributed by atoms with Crippen molar-refractivity contribution in [3.05, 3.63) is 41.7 Å². The minimum Gasteiger partial charge on any atom is -0.482 e. The summed E-state index contributed by atoms with van der Waals surface area (Å²) in [6.07, 6.45) is 1.58. The summed E-state index contributed by atoms with van der Waals surface area (Å²) in [5, 5.41) is 10.9. The van der Waals surface area contributed by atoms with E-state index in [1.54, 1.807) is 17.0 Å². The van der Waals surface area contributed by atoms with Crippen LogP contribution in [-0.2, 0) is 20.2 Å². The molecule has 0 atom stereocenters. The minimum atomic E-state index is -0.366. The molecular weight excluding hydrogens is 259 g/mol. The van der Waals surface area contributed by atoms with Gasteiger partial charge in [-0.25, -0.2) is 4.39 Å². The monoisotopic (exact) mass is 278 g/mol. The molecule has 0 aliphatic carbocycles. The zero-order valence-electron chi connectivity index (χ0n) is 11.9. The number of benzene rings is 1. The van der Waals surface area contributed by atoms with Crippen molar-refractivity contribution in [2.24, 2.45) is 7.05 Å². The van der Waals surface area contributed by atoms with Crippen LogP contribution in [0.25, 0.3) is 0 Å². The Bertz CT molecular complexity index is 568. The minimum absolute atomic E-state index is 0.187. The van der Waals surface area contributed by atoms with Crippen molar-refractivity contribution >= 4 is 0 Å². The van der Waals surface area contributed by atoms with Crippen LogP contribution in [0.1, 0.15) is 25.2 Å². The highest BCUT2D eigenvalue weighted by Crippen LogP contribution is 2.23. The molecule has 0 aliphatic heterocycles. The standard InChI is InChI=1S/C14H19FN4O/c1-10(2)16-7-11-5-4-6-12(15)14(11)20-8-13-18-17-9-19(13)3/h4-6,9-10,16H,7-8H2,1-3H3. The number of nitrogens with zero attached hydrogens (tertiary/aromatic N) is 3. The third-order valence-corrected chi connectivity index (χ3v) is 2.90. The van der Waals surface area contributed by atoms with Crippen LogP contribution < -0.4 is 10.1 Å². The normalized spacial score (nSPS) is 11.1. The highest BCUT2D eigenvalue weighted by molar-refractivity contribution is 5.35. The maximum Gasteiger partial charge on any atom is 0.170 e. The van der Waals surface area contributed by atoms with Gasteiger partial charge in [-0.2, -0.15) is 0 Å². The highest BCUT2D eigenvalue weighted by Gasteiger charge is 2.11. The number of hydrogen-bond acceptors (Lipinski definition) is 4. The largest absolute Gasteiger partial charge is 0.482 e. The first kappa shape index (κ1) is 14.5. The third kappa shape index (κ3) is 3.54. The van der Waals surface area contributed by atoms with E-state index in [1.807, 2.05) is 27.0 Å². The van der Waals surface area contributed by atoms with Gasteiger partial charge in [0.1, 0.15) is 12.9 Å². The van der Waals surface area contributed by atoms with E-state index < -0.39 is 0 Å². The summed E-state index contributed by atoms with van der Waals surface area (Å²) in [4.78, 5) is 0. The lowest BCUT2D eigenvalue weighted by atomic mass is 10.2. The van der Waals surface area contributed by atoms with E-state index in [9.17, 15) is 4.39 Å². The second kappa shape index (κ2) is 6.47. The smallest absolute Gasteiger partial charge is 0.170 e. The fraction of sp³-hybridized carbons (Fsp3) is 0.429. The molecule has 0 aliphatic rings. The van der Waals surface area contributed by atoms with Crippen LogP contribution in [-0.4, -0.2) is 20.8 Å². The van der Waals surface area contributed by atoms with Crippen LogP contribution in [0.3, 0.4) is 0 Å². The molecule has 108 valence electrons. The molecule has 2 aromatic rings. The molecular formula is C14H19FN4O. The van der Waals surface area contributed by atoms with Gasteiger partial charge in [0.05, 0.1) is 0 Å². The molecule has 1 heterocycles. The van der Waals surface area contributed by atoms with Crippen LogP contribution in [0, 0.1) is 5.82 Å². The molecule has 0 unspecified atom stereocenters. The second-order valence-electron chi connectivity index (χ2n) is 4.91. The fourth-order valence-corrected chi connectivity index (χ4v) is 1.74. The summed E-state index contributed by atoms with van der Waals surface area (Å²) >= 11 is 0. The Morgan fingerprint density at radius 1 is 1.40 bits per heavy atom. The summed E-state index contributed by atoms with van der Waals surface area (Å²) in [7, 11) is 1.82. The van der Waals surface area contributed by atoms with Crippen molar-refractivity contribution in [3.8, 4) is 5.75 Å². The van der Waals surface area contributed by atoms with Crippen LogP contribution in [0.2, 0.25) is 0 Å². The zero-order chi connectivity index (χ0) is 14.5. The lowest BCUT2D eigenvalue weighted by Gasteiger charge is -2.14. The molecule has 1 aromatic heterocycles. The molecule has 0 radical (unpaired) electrons. The maximum absolute atomic E-state index is 13.9. The molecule has 1 N–H and O–H groups in total. The van der Waals surface area contributed by atoms with Gasteiger partial charge in [0.25, 0.3) is 0 Å². The van der Waals surface area contributed by atoms with Gasteiger partial charge in [-0.05, 0) is 6.07 Å². The SMILES string of the molecule is CC(C)NCc1cccc(F)c1OCc1nncn1C. The van der Waals surface area contributed by atoms with Crippen LogP contribution in [0.4, 0.5) is 4.39 Å². The van der Waals surface area contributed by atoms with Gasteiger partial charge >= 0.3 is 0 Å². The number of aryl methyl sites for hydroxylation is 1. The summed E-state index contributed by atoms with van der Waals surface area (Å²) < 4.78 is 21.2. The topological polar surface area (TPSA) is 52.0 Å². The van der Waals surface area contributed by atoms with E-state index in [0.717, 1.165) is 5.56 Å². The van der Waals surface area contributed by atoms with Crippen LogP contribution in [0.15, 0.2) is 24.5 Å². The lowest BCUT2D eigenvalue weighted by molar-refractivity contribution is 0.273. The number of nitrogens with one attached hydrogen (secondary N) is 1. The molecule has 20 heavy (non-hydrogen) atoms. The third-order valence-electron chi connectivity index (χ3n) is 2.90. The van der Waals surface area contributed by atoms with Crippen molar-refractivity contribution in [2.75, 3.05) is 0 Å². The highest BCUT2D eigenvalue weighted by atomic mass is 19.1. The van der Waals surface area contributed by atoms with E-state index in [-0.39, 0.29) is 18.2 Å². The second-order valence-corrected chi connectivity index (χ2v) is 4.91. The van der Waals surface area contributed by atoms with E-state index in [4.69, 9.17) is 4.74 Å². The molecule has 0 fully saturated rings. The summed E-state index contributed by atoms with van der Waals surface area (Å²) in [6.45, 7) is 4.83. The molecule has 6 heteroatoms. The Hall–Kier alpha value is -1.95. The average Bonchev–Trinajstić information content (AvgIpc) is 2.81. The first-order chi connectivity index (χ1) is 9.58. The molecule has 0 bridgehead atoms. The predicted molar refractivity (Wildman–Crippen MR) is 73.7 cm³/mol. The zero-order valence-corrected chi connectivity index (χ0v) is 11.9. The fourth-order valence-electron chi connectivity index (χ4n) is 1.74. The quantitative estimate of drug-likeness (QED) is 0.878. The molecule has 0 amide bonds.